The zero-order valence-electron chi connectivity index (χ0n) is 8.69. The van der Waals surface area contributed by atoms with Crippen LogP contribution in [0.25, 0.3) is 0 Å². The number of aliphatic hydroxyl groups excluding tert-OH is 1. The fourth-order valence-electron chi connectivity index (χ4n) is 1.09. The largest absolute Gasteiger partial charge is 0.507 e. The van der Waals surface area contributed by atoms with Crippen molar-refractivity contribution in [3.05, 3.63) is 29.8 Å². The van der Waals surface area contributed by atoms with Crippen LogP contribution < -0.4 is 0 Å². The topological polar surface area (TPSA) is 49.7 Å². The van der Waals surface area contributed by atoms with E-state index >= 15 is 0 Å². The first kappa shape index (κ1) is 11.0. The van der Waals surface area contributed by atoms with E-state index in [1.807, 2.05) is 20.8 Å². The summed E-state index contributed by atoms with van der Waals surface area (Å²) < 4.78 is 5.30. The Balaban J connectivity index is 2.80. The third-order valence-corrected chi connectivity index (χ3v) is 1.67. The van der Waals surface area contributed by atoms with Crippen LogP contribution in [0.2, 0.25) is 0 Å². The number of rotatable bonds is 2. The second-order valence-corrected chi connectivity index (χ2v) is 4.14. The Hall–Kier alpha value is -1.06. The Morgan fingerprint density at radius 1 is 1.21 bits per heavy atom. The number of ether oxygens (including phenoxy) is 1. The minimum atomic E-state index is -1.09. The van der Waals surface area contributed by atoms with Crippen LogP contribution in [0.3, 0.4) is 0 Å². The number of aromatic hydroxyl groups is 1. The highest BCUT2D eigenvalue weighted by atomic mass is 16.6. The second kappa shape index (κ2) is 3.98. The molecule has 0 bridgehead atoms. The van der Waals surface area contributed by atoms with Gasteiger partial charge in [0, 0.05) is 5.56 Å². The number of aliphatic hydroxyl groups is 1. The van der Waals surface area contributed by atoms with Crippen LogP contribution in [0.1, 0.15) is 32.6 Å². The molecule has 0 aromatic heterocycles. The van der Waals surface area contributed by atoms with E-state index in [-0.39, 0.29) is 5.75 Å². The van der Waals surface area contributed by atoms with E-state index in [0.29, 0.717) is 5.56 Å². The molecule has 0 saturated carbocycles. The summed E-state index contributed by atoms with van der Waals surface area (Å²) in [6.45, 7) is 5.53. The van der Waals surface area contributed by atoms with Gasteiger partial charge in [-0.15, -0.1) is 0 Å². The zero-order valence-corrected chi connectivity index (χ0v) is 8.69. The van der Waals surface area contributed by atoms with Crippen LogP contribution in [0.15, 0.2) is 24.3 Å². The summed E-state index contributed by atoms with van der Waals surface area (Å²) in [6.07, 6.45) is -1.09. The average Bonchev–Trinajstić information content (AvgIpc) is 2.01. The fraction of sp³-hybridized carbons (Fsp3) is 0.455. The Morgan fingerprint density at radius 3 is 2.29 bits per heavy atom. The molecule has 14 heavy (non-hydrogen) atoms. The van der Waals surface area contributed by atoms with Crippen LogP contribution >= 0.6 is 0 Å². The van der Waals surface area contributed by atoms with E-state index in [9.17, 15) is 10.2 Å². The van der Waals surface area contributed by atoms with Gasteiger partial charge < -0.3 is 14.9 Å². The molecule has 0 aliphatic rings. The third kappa shape index (κ3) is 3.01. The Kier molecular flexibility index (Phi) is 3.13. The Labute approximate surface area is 84.0 Å². The maximum atomic E-state index is 9.65. The Morgan fingerprint density at radius 2 is 1.79 bits per heavy atom. The van der Waals surface area contributed by atoms with Gasteiger partial charge in [0.2, 0.25) is 0 Å². The Bertz CT molecular complexity index is 302. The van der Waals surface area contributed by atoms with E-state index in [2.05, 4.69) is 0 Å². The lowest BCUT2D eigenvalue weighted by Gasteiger charge is -2.24. The average molecular weight is 196 g/mol. The number of hydrogen-bond donors (Lipinski definition) is 2. The van der Waals surface area contributed by atoms with Gasteiger partial charge in [-0.1, -0.05) is 18.2 Å². The smallest absolute Gasteiger partial charge is 0.185 e. The monoisotopic (exact) mass is 196 g/mol. The number of para-hydroxylation sites is 1. The van der Waals surface area contributed by atoms with Crippen LogP contribution in [0, 0.1) is 0 Å². The molecule has 1 unspecified atom stereocenters. The van der Waals surface area contributed by atoms with Crippen molar-refractivity contribution in [1.82, 2.24) is 0 Å². The molecule has 2 N–H and O–H groups in total. The van der Waals surface area contributed by atoms with Crippen LogP contribution in [-0.4, -0.2) is 15.8 Å². The van der Waals surface area contributed by atoms with E-state index in [4.69, 9.17) is 4.74 Å². The van der Waals surface area contributed by atoms with Crippen LogP contribution in [-0.2, 0) is 4.74 Å². The molecule has 1 rings (SSSR count). The van der Waals surface area contributed by atoms with Crippen molar-refractivity contribution in [2.75, 3.05) is 0 Å². The molecule has 0 aliphatic heterocycles. The van der Waals surface area contributed by atoms with Crippen molar-refractivity contribution in [2.45, 2.75) is 32.7 Å². The number of benzene rings is 1. The van der Waals surface area contributed by atoms with Gasteiger partial charge in [0.25, 0.3) is 0 Å². The second-order valence-electron chi connectivity index (χ2n) is 4.14. The van der Waals surface area contributed by atoms with Crippen LogP contribution in [0.4, 0.5) is 0 Å². The number of phenolic OH excluding ortho intramolecular Hbond substituents is 1. The molecule has 78 valence electrons. The minimum Gasteiger partial charge on any atom is -0.507 e. The number of hydrogen-bond acceptors (Lipinski definition) is 3. The van der Waals surface area contributed by atoms with E-state index in [0.717, 1.165) is 0 Å². The van der Waals surface area contributed by atoms with Crippen molar-refractivity contribution in [3.63, 3.8) is 0 Å². The lowest BCUT2D eigenvalue weighted by atomic mass is 10.1. The lowest BCUT2D eigenvalue weighted by Crippen LogP contribution is -2.22. The summed E-state index contributed by atoms with van der Waals surface area (Å²) in [5.41, 5.74) is -0.0516. The van der Waals surface area contributed by atoms with Gasteiger partial charge in [-0.2, -0.15) is 0 Å². The first-order valence-corrected chi connectivity index (χ1v) is 4.54. The quantitative estimate of drug-likeness (QED) is 0.713. The molecular formula is C11H16O3. The molecule has 1 aromatic carbocycles. The molecule has 0 heterocycles. The highest BCUT2D eigenvalue weighted by Crippen LogP contribution is 2.27. The van der Waals surface area contributed by atoms with Gasteiger partial charge in [-0.05, 0) is 26.8 Å². The summed E-state index contributed by atoms with van der Waals surface area (Å²) >= 11 is 0. The maximum Gasteiger partial charge on any atom is 0.185 e. The number of phenols is 1. The molecule has 0 spiro atoms. The molecule has 0 fully saturated rings. The van der Waals surface area contributed by atoms with Gasteiger partial charge in [-0.3, -0.25) is 0 Å². The summed E-state index contributed by atoms with van der Waals surface area (Å²) in [5.74, 6) is 0.0456. The molecule has 3 heteroatoms. The predicted molar refractivity (Wildman–Crippen MR) is 53.9 cm³/mol. The van der Waals surface area contributed by atoms with Crippen LogP contribution in [0.5, 0.6) is 5.75 Å². The highest BCUT2D eigenvalue weighted by molar-refractivity contribution is 5.32. The SMILES string of the molecule is CC(C)(C)OC(O)c1ccccc1O. The molecule has 1 aromatic rings. The molecule has 0 radical (unpaired) electrons. The van der Waals surface area contributed by atoms with Gasteiger partial charge in [0.15, 0.2) is 6.29 Å². The minimum absolute atomic E-state index is 0.0456. The summed E-state index contributed by atoms with van der Waals surface area (Å²) in [5, 5.41) is 19.1. The summed E-state index contributed by atoms with van der Waals surface area (Å²) in [6, 6.07) is 6.59. The van der Waals surface area contributed by atoms with E-state index < -0.39 is 11.9 Å². The lowest BCUT2D eigenvalue weighted by molar-refractivity contribution is -0.170. The fourth-order valence-corrected chi connectivity index (χ4v) is 1.09. The summed E-state index contributed by atoms with van der Waals surface area (Å²) in [7, 11) is 0. The third-order valence-electron chi connectivity index (χ3n) is 1.67. The molecule has 1 atom stereocenters. The highest BCUT2D eigenvalue weighted by Gasteiger charge is 2.19. The molecule has 3 nitrogen and oxygen atoms in total. The van der Waals surface area contributed by atoms with Gasteiger partial charge in [-0.25, -0.2) is 0 Å². The van der Waals surface area contributed by atoms with Crippen molar-refractivity contribution in [1.29, 1.82) is 0 Å². The summed E-state index contributed by atoms with van der Waals surface area (Å²) in [4.78, 5) is 0. The van der Waals surface area contributed by atoms with Crippen molar-refractivity contribution in [3.8, 4) is 5.75 Å². The molecule has 0 amide bonds. The maximum absolute atomic E-state index is 9.65. The normalized spacial score (nSPS) is 14.0. The van der Waals surface area contributed by atoms with Crippen molar-refractivity contribution in [2.24, 2.45) is 0 Å². The predicted octanol–water partition coefficient (Wildman–Crippen LogP) is 2.20. The van der Waals surface area contributed by atoms with Gasteiger partial charge in [0.05, 0.1) is 5.60 Å². The van der Waals surface area contributed by atoms with Crippen molar-refractivity contribution >= 4 is 0 Å². The van der Waals surface area contributed by atoms with E-state index in [1.165, 1.54) is 6.07 Å². The van der Waals surface area contributed by atoms with Gasteiger partial charge in [0.1, 0.15) is 5.75 Å². The molecular weight excluding hydrogens is 180 g/mol. The first-order valence-electron chi connectivity index (χ1n) is 4.54. The first-order chi connectivity index (χ1) is 6.40. The zero-order chi connectivity index (χ0) is 10.8. The standard InChI is InChI=1S/C11H16O3/c1-11(2,3)14-10(13)8-6-4-5-7-9(8)12/h4-7,10,12-13H,1-3H3. The van der Waals surface area contributed by atoms with E-state index in [1.54, 1.807) is 18.2 Å². The van der Waals surface area contributed by atoms with Crippen molar-refractivity contribution < 1.29 is 14.9 Å². The molecule has 0 aliphatic carbocycles. The van der Waals surface area contributed by atoms with Gasteiger partial charge >= 0.3 is 0 Å². The molecule has 0 saturated heterocycles.